The highest BCUT2D eigenvalue weighted by Crippen LogP contribution is 2.37. The van der Waals surface area contributed by atoms with Crippen LogP contribution in [-0.4, -0.2) is 59.3 Å². The van der Waals surface area contributed by atoms with Crippen molar-refractivity contribution in [2.24, 2.45) is 22.7 Å². The monoisotopic (exact) mass is 454 g/mol. The van der Waals surface area contributed by atoms with Crippen molar-refractivity contribution in [1.82, 2.24) is 4.90 Å². The fourth-order valence-corrected chi connectivity index (χ4v) is 5.36. The molecule has 2 saturated carbocycles. The largest absolute Gasteiger partial charge is 0.497 e. The van der Waals surface area contributed by atoms with Gasteiger partial charge in [0.2, 0.25) is 0 Å². The van der Waals surface area contributed by atoms with E-state index in [1.54, 1.807) is 13.2 Å². The van der Waals surface area contributed by atoms with Crippen molar-refractivity contribution in [2.75, 3.05) is 20.2 Å². The first-order chi connectivity index (χ1) is 15.9. The van der Waals surface area contributed by atoms with Gasteiger partial charge in [0.25, 0.3) is 0 Å². The Bertz CT molecular complexity index is 921. The van der Waals surface area contributed by atoms with E-state index in [1.165, 1.54) is 24.0 Å². The van der Waals surface area contributed by atoms with E-state index >= 15 is 0 Å². The second-order valence-electron chi connectivity index (χ2n) is 10.1. The van der Waals surface area contributed by atoms with Gasteiger partial charge in [0.1, 0.15) is 11.7 Å². The summed E-state index contributed by atoms with van der Waals surface area (Å²) in [5.74, 6) is 0.302. The molecule has 0 spiro atoms. The van der Waals surface area contributed by atoms with Crippen molar-refractivity contribution in [3.63, 3.8) is 0 Å². The van der Waals surface area contributed by atoms with Crippen molar-refractivity contribution in [3.8, 4) is 5.75 Å². The molecular weight excluding hydrogens is 416 g/mol. The third-order valence-corrected chi connectivity index (χ3v) is 7.78. The highest BCUT2D eigenvalue weighted by molar-refractivity contribution is 6.02. The molecule has 0 radical (unpaired) electrons. The molecule has 6 heteroatoms. The molecule has 0 amide bonds. The molecule has 0 aromatic heterocycles. The molecule has 33 heavy (non-hydrogen) atoms. The second-order valence-corrected chi connectivity index (χ2v) is 10.1. The number of dihydropyridines is 1. The van der Waals surface area contributed by atoms with E-state index in [0.29, 0.717) is 12.0 Å². The molecule has 2 fully saturated rings. The minimum absolute atomic E-state index is 0.439. The van der Waals surface area contributed by atoms with Crippen LogP contribution in [0.2, 0.25) is 0 Å². The van der Waals surface area contributed by atoms with Gasteiger partial charge in [-0.25, -0.2) is 0 Å². The van der Waals surface area contributed by atoms with E-state index in [4.69, 9.17) is 4.74 Å². The molecule has 3 aliphatic rings. The average Bonchev–Trinajstić information content (AvgIpc) is 3.62. The zero-order valence-corrected chi connectivity index (χ0v) is 20.2. The van der Waals surface area contributed by atoms with E-state index in [1.807, 2.05) is 6.07 Å². The number of nitrogens with zero attached hydrogens (tertiary/aromatic N) is 2. The van der Waals surface area contributed by atoms with Crippen LogP contribution in [-0.2, 0) is 11.2 Å². The Kier molecular flexibility index (Phi) is 7.55. The summed E-state index contributed by atoms with van der Waals surface area (Å²) in [6, 6.07) is 6.76. The fraction of sp³-hybridized carbons (Fsp3) is 0.630. The van der Waals surface area contributed by atoms with E-state index in [-0.39, 0.29) is 0 Å². The Balaban J connectivity index is 1.39. The van der Waals surface area contributed by atoms with E-state index in [0.717, 1.165) is 68.1 Å². The molecule has 2 aliphatic carbocycles. The van der Waals surface area contributed by atoms with Gasteiger partial charge in [-0.3, -0.25) is 9.79 Å². The van der Waals surface area contributed by atoms with E-state index in [9.17, 15) is 15.0 Å². The maximum absolute atomic E-state index is 11.5. The standard InChI is InChI=1S/C27H38N2O4/c1-17-6-10-23(33-3)14-20(17)5-4-12-29(16-19-7-8-19)18(2)21-9-11-25-22(13-21)15-24(27(31)32)26(30)28-25/h6,10,14-15,18-19,21,24,26,30H,4-5,7-9,11-13,16H2,1-3H3,(H,31,32). The lowest BCUT2D eigenvalue weighted by Crippen LogP contribution is -2.43. The van der Waals surface area contributed by atoms with Gasteiger partial charge in [0, 0.05) is 18.3 Å². The van der Waals surface area contributed by atoms with Gasteiger partial charge in [-0.05, 0) is 106 Å². The molecule has 2 N–H and O–H groups in total. The molecule has 4 unspecified atom stereocenters. The number of aliphatic hydroxyl groups excluding tert-OH is 1. The molecule has 1 aromatic carbocycles. The number of ether oxygens (including phenoxy) is 1. The number of carbonyl (C=O) groups is 1. The van der Waals surface area contributed by atoms with Crippen molar-refractivity contribution in [2.45, 2.75) is 71.1 Å². The number of allylic oxidation sites excluding steroid dienone is 1. The second kappa shape index (κ2) is 10.4. The van der Waals surface area contributed by atoms with Crippen LogP contribution in [0, 0.1) is 24.7 Å². The number of aliphatic carboxylic acids is 1. The molecule has 6 nitrogen and oxygen atoms in total. The number of rotatable bonds is 10. The number of hydrogen-bond acceptors (Lipinski definition) is 5. The Hall–Kier alpha value is -2.18. The van der Waals surface area contributed by atoms with Crippen LogP contribution < -0.4 is 4.74 Å². The lowest BCUT2D eigenvalue weighted by molar-refractivity contribution is -0.143. The van der Waals surface area contributed by atoms with Crippen LogP contribution in [0.4, 0.5) is 0 Å². The number of hydrogen-bond donors (Lipinski definition) is 2. The Morgan fingerprint density at radius 1 is 1.30 bits per heavy atom. The molecule has 0 saturated heterocycles. The van der Waals surface area contributed by atoms with E-state index in [2.05, 4.69) is 35.9 Å². The number of aliphatic imine (C=N–C) groups is 1. The topological polar surface area (TPSA) is 82.4 Å². The lowest BCUT2D eigenvalue weighted by Gasteiger charge is -2.39. The number of fused-ring (bicyclic) bond motifs is 1. The Labute approximate surface area is 197 Å². The van der Waals surface area contributed by atoms with Crippen LogP contribution in [0.1, 0.15) is 56.6 Å². The number of carboxylic acid groups (broad SMARTS) is 1. The summed E-state index contributed by atoms with van der Waals surface area (Å²) in [5.41, 5.74) is 4.62. The van der Waals surface area contributed by atoms with Gasteiger partial charge in [-0.2, -0.15) is 0 Å². The SMILES string of the molecule is COc1ccc(C)c(CCCN(CC2CC2)C(C)C2CCC3=NC(O)C(C(=O)O)C=C3C2)c1. The van der Waals surface area contributed by atoms with Crippen LogP contribution in [0.25, 0.3) is 0 Å². The van der Waals surface area contributed by atoms with Crippen LogP contribution >= 0.6 is 0 Å². The number of methoxy groups -OCH3 is 1. The summed E-state index contributed by atoms with van der Waals surface area (Å²) in [5, 5.41) is 19.5. The van der Waals surface area contributed by atoms with E-state index < -0.39 is 18.1 Å². The summed E-state index contributed by atoms with van der Waals surface area (Å²) >= 11 is 0. The predicted octanol–water partition coefficient (Wildman–Crippen LogP) is 4.24. The average molecular weight is 455 g/mol. The van der Waals surface area contributed by atoms with Gasteiger partial charge in [-0.1, -0.05) is 12.1 Å². The molecular formula is C27H38N2O4. The zero-order chi connectivity index (χ0) is 23.5. The molecule has 180 valence electrons. The molecule has 1 aliphatic heterocycles. The minimum atomic E-state index is -1.15. The Morgan fingerprint density at radius 2 is 2.09 bits per heavy atom. The first-order valence-corrected chi connectivity index (χ1v) is 12.4. The van der Waals surface area contributed by atoms with Gasteiger partial charge in [0.15, 0.2) is 6.23 Å². The molecule has 1 heterocycles. The predicted molar refractivity (Wildman–Crippen MR) is 130 cm³/mol. The van der Waals surface area contributed by atoms with Crippen molar-refractivity contribution in [1.29, 1.82) is 0 Å². The van der Waals surface area contributed by atoms with Crippen molar-refractivity contribution in [3.05, 3.63) is 41.0 Å². The first-order valence-electron chi connectivity index (χ1n) is 12.4. The number of benzene rings is 1. The molecule has 4 rings (SSSR count). The summed E-state index contributed by atoms with van der Waals surface area (Å²) < 4.78 is 5.41. The van der Waals surface area contributed by atoms with Crippen LogP contribution in [0.3, 0.4) is 0 Å². The smallest absolute Gasteiger partial charge is 0.315 e. The van der Waals surface area contributed by atoms with Gasteiger partial charge < -0.3 is 19.8 Å². The first kappa shape index (κ1) is 24.0. The highest BCUT2D eigenvalue weighted by Gasteiger charge is 2.36. The van der Waals surface area contributed by atoms with Crippen molar-refractivity contribution >= 4 is 11.7 Å². The lowest BCUT2D eigenvalue weighted by atomic mass is 9.77. The highest BCUT2D eigenvalue weighted by atomic mass is 16.5. The normalized spacial score (nSPS) is 25.8. The van der Waals surface area contributed by atoms with Crippen LogP contribution in [0.15, 0.2) is 34.8 Å². The zero-order valence-electron chi connectivity index (χ0n) is 20.2. The minimum Gasteiger partial charge on any atom is -0.497 e. The maximum Gasteiger partial charge on any atom is 0.315 e. The number of aryl methyl sites for hydroxylation is 2. The maximum atomic E-state index is 11.5. The summed E-state index contributed by atoms with van der Waals surface area (Å²) in [4.78, 5) is 18.5. The molecule has 0 bridgehead atoms. The van der Waals surface area contributed by atoms with Gasteiger partial charge in [0.05, 0.1) is 7.11 Å². The van der Waals surface area contributed by atoms with Crippen LogP contribution in [0.5, 0.6) is 5.75 Å². The van der Waals surface area contributed by atoms with Crippen molar-refractivity contribution < 1.29 is 19.7 Å². The van der Waals surface area contributed by atoms with Gasteiger partial charge >= 0.3 is 5.97 Å². The third kappa shape index (κ3) is 5.85. The summed E-state index contributed by atoms with van der Waals surface area (Å²) in [6.07, 6.45) is 8.15. The summed E-state index contributed by atoms with van der Waals surface area (Å²) in [6.45, 7) is 6.74. The summed E-state index contributed by atoms with van der Waals surface area (Å²) in [7, 11) is 1.72. The quantitative estimate of drug-likeness (QED) is 0.553. The number of carboxylic acids is 1. The Morgan fingerprint density at radius 3 is 2.79 bits per heavy atom. The number of aliphatic hydroxyl groups is 1. The third-order valence-electron chi connectivity index (χ3n) is 7.78. The molecule has 4 atom stereocenters. The van der Waals surface area contributed by atoms with Gasteiger partial charge in [-0.15, -0.1) is 0 Å². The molecule has 1 aromatic rings. The fourth-order valence-electron chi connectivity index (χ4n) is 5.36.